The maximum Gasteiger partial charge on any atom is 0.295 e. The molecule has 2 amide bonds. The number of thiophene rings is 1. The van der Waals surface area contributed by atoms with Gasteiger partial charge in [-0.25, -0.2) is 9.67 Å². The lowest BCUT2D eigenvalue weighted by Crippen LogP contribution is -2.30. The van der Waals surface area contributed by atoms with Crippen LogP contribution in [-0.4, -0.2) is 44.6 Å². The summed E-state index contributed by atoms with van der Waals surface area (Å²) in [4.78, 5) is 32.5. The average molecular weight is 446 g/mol. The van der Waals surface area contributed by atoms with Gasteiger partial charge in [0.1, 0.15) is 0 Å². The van der Waals surface area contributed by atoms with Crippen molar-refractivity contribution in [3.8, 4) is 16.4 Å². The van der Waals surface area contributed by atoms with Crippen molar-refractivity contribution in [3.05, 3.63) is 83.5 Å². The second-order valence-electron chi connectivity index (χ2n) is 6.99. The fourth-order valence-electron chi connectivity index (χ4n) is 3.30. The van der Waals surface area contributed by atoms with E-state index in [0.29, 0.717) is 30.2 Å². The van der Waals surface area contributed by atoms with Crippen LogP contribution in [0.1, 0.15) is 34.8 Å². The van der Waals surface area contributed by atoms with Crippen LogP contribution in [-0.2, 0) is 0 Å². The second-order valence-corrected chi connectivity index (χ2v) is 7.94. The highest BCUT2D eigenvalue weighted by atomic mass is 32.1. The molecule has 32 heavy (non-hydrogen) atoms. The molecular weight excluding hydrogens is 422 g/mol. The molecule has 0 saturated heterocycles. The Morgan fingerprint density at radius 2 is 1.69 bits per heavy atom. The number of hydrogen-bond acceptors (Lipinski definition) is 5. The van der Waals surface area contributed by atoms with Crippen molar-refractivity contribution < 1.29 is 9.59 Å². The minimum Gasteiger partial charge on any atom is -0.339 e. The largest absolute Gasteiger partial charge is 0.339 e. The minimum atomic E-state index is -0.416. The Kier molecular flexibility index (Phi) is 6.42. The molecule has 0 spiro atoms. The van der Waals surface area contributed by atoms with Crippen LogP contribution >= 0.6 is 11.3 Å². The van der Waals surface area contributed by atoms with Crippen molar-refractivity contribution in [1.82, 2.24) is 19.7 Å². The number of carbonyl (C=O) groups is 2. The monoisotopic (exact) mass is 445 g/mol. The number of para-hydroxylation sites is 1. The zero-order chi connectivity index (χ0) is 22.5. The van der Waals surface area contributed by atoms with Gasteiger partial charge in [0.2, 0.25) is 5.82 Å². The number of rotatable bonds is 7. The number of aromatic nitrogens is 3. The molecule has 0 atom stereocenters. The molecule has 1 N–H and O–H groups in total. The smallest absolute Gasteiger partial charge is 0.295 e. The van der Waals surface area contributed by atoms with Crippen molar-refractivity contribution >= 4 is 28.8 Å². The maximum absolute atomic E-state index is 12.9. The number of carbonyl (C=O) groups excluding carboxylic acids is 2. The van der Waals surface area contributed by atoms with E-state index >= 15 is 0 Å². The zero-order valence-electron chi connectivity index (χ0n) is 17.9. The predicted molar refractivity (Wildman–Crippen MR) is 126 cm³/mol. The molecule has 7 nitrogen and oxygen atoms in total. The van der Waals surface area contributed by atoms with E-state index in [0.717, 1.165) is 10.6 Å². The Labute approximate surface area is 190 Å². The summed E-state index contributed by atoms with van der Waals surface area (Å²) in [5.74, 6) is 0.231. The van der Waals surface area contributed by atoms with E-state index in [2.05, 4.69) is 15.4 Å². The van der Waals surface area contributed by atoms with Gasteiger partial charge in [-0.05, 0) is 61.7 Å². The molecule has 0 fully saturated rings. The lowest BCUT2D eigenvalue weighted by molar-refractivity contribution is 0.0773. The summed E-state index contributed by atoms with van der Waals surface area (Å²) in [5, 5.41) is 9.24. The van der Waals surface area contributed by atoms with Crippen molar-refractivity contribution in [2.75, 3.05) is 18.4 Å². The van der Waals surface area contributed by atoms with Crippen LogP contribution in [0.2, 0.25) is 0 Å². The van der Waals surface area contributed by atoms with Crippen molar-refractivity contribution in [1.29, 1.82) is 0 Å². The van der Waals surface area contributed by atoms with E-state index in [1.54, 1.807) is 33.8 Å². The number of nitrogens with zero attached hydrogens (tertiary/aromatic N) is 4. The van der Waals surface area contributed by atoms with Crippen LogP contribution in [0.5, 0.6) is 0 Å². The van der Waals surface area contributed by atoms with Gasteiger partial charge in [-0.1, -0.05) is 24.3 Å². The first-order chi connectivity index (χ1) is 15.6. The van der Waals surface area contributed by atoms with Gasteiger partial charge in [0.05, 0.1) is 10.6 Å². The topological polar surface area (TPSA) is 80.1 Å². The molecule has 2 aromatic heterocycles. The van der Waals surface area contributed by atoms with E-state index < -0.39 is 5.91 Å². The first kappa shape index (κ1) is 21.5. The highest BCUT2D eigenvalue weighted by molar-refractivity contribution is 7.13. The highest BCUT2D eigenvalue weighted by Gasteiger charge is 2.20. The van der Waals surface area contributed by atoms with Gasteiger partial charge in [-0.3, -0.25) is 9.59 Å². The van der Waals surface area contributed by atoms with Gasteiger partial charge < -0.3 is 10.2 Å². The molecule has 0 bridgehead atoms. The van der Waals surface area contributed by atoms with E-state index in [9.17, 15) is 9.59 Å². The summed E-state index contributed by atoms with van der Waals surface area (Å²) in [6.07, 6.45) is 0. The number of anilines is 1. The van der Waals surface area contributed by atoms with E-state index in [1.807, 2.05) is 61.7 Å². The van der Waals surface area contributed by atoms with Crippen LogP contribution in [0, 0.1) is 0 Å². The average Bonchev–Trinajstić information content (AvgIpc) is 3.51. The van der Waals surface area contributed by atoms with Crippen LogP contribution in [0.4, 0.5) is 5.69 Å². The first-order valence-corrected chi connectivity index (χ1v) is 11.3. The lowest BCUT2D eigenvalue weighted by atomic mass is 10.1. The van der Waals surface area contributed by atoms with E-state index in [1.165, 1.54) is 11.3 Å². The SMILES string of the molecule is CCN(CC)C(=O)c1ccc(NC(=O)c2nc(-c3cccs3)n(-c3ccccc3)n2)cc1. The molecule has 0 aliphatic carbocycles. The molecule has 2 aromatic carbocycles. The van der Waals surface area contributed by atoms with E-state index in [-0.39, 0.29) is 11.7 Å². The zero-order valence-corrected chi connectivity index (χ0v) is 18.7. The fraction of sp³-hybridized carbons (Fsp3) is 0.167. The molecule has 4 rings (SSSR count). The second kappa shape index (κ2) is 9.57. The summed E-state index contributed by atoms with van der Waals surface area (Å²) in [6, 6.07) is 20.3. The summed E-state index contributed by atoms with van der Waals surface area (Å²) >= 11 is 1.53. The first-order valence-electron chi connectivity index (χ1n) is 10.4. The number of benzene rings is 2. The van der Waals surface area contributed by atoms with E-state index in [4.69, 9.17) is 0 Å². The maximum atomic E-state index is 12.9. The fourth-order valence-corrected chi connectivity index (χ4v) is 4.00. The Hall–Kier alpha value is -3.78. The Morgan fingerprint density at radius 3 is 2.31 bits per heavy atom. The van der Waals surface area contributed by atoms with Crippen molar-refractivity contribution in [2.24, 2.45) is 0 Å². The highest BCUT2D eigenvalue weighted by Crippen LogP contribution is 2.25. The molecule has 162 valence electrons. The molecule has 0 aliphatic heterocycles. The number of nitrogens with one attached hydrogen (secondary N) is 1. The molecule has 0 unspecified atom stereocenters. The Morgan fingerprint density at radius 1 is 0.969 bits per heavy atom. The summed E-state index contributed by atoms with van der Waals surface area (Å²) in [6.45, 7) is 5.19. The predicted octanol–water partition coefficient (Wildman–Crippen LogP) is 4.73. The third kappa shape index (κ3) is 4.45. The van der Waals surface area contributed by atoms with Crippen molar-refractivity contribution in [2.45, 2.75) is 13.8 Å². The molecule has 4 aromatic rings. The summed E-state index contributed by atoms with van der Waals surface area (Å²) in [5.41, 5.74) is 1.97. The van der Waals surface area contributed by atoms with Gasteiger partial charge in [-0.2, -0.15) is 0 Å². The third-order valence-electron chi connectivity index (χ3n) is 4.99. The van der Waals surface area contributed by atoms with Gasteiger partial charge in [0, 0.05) is 24.3 Å². The number of amides is 2. The lowest BCUT2D eigenvalue weighted by Gasteiger charge is -2.18. The quantitative estimate of drug-likeness (QED) is 0.446. The molecule has 8 heteroatoms. The summed E-state index contributed by atoms with van der Waals surface area (Å²) in [7, 11) is 0. The molecule has 0 saturated carbocycles. The van der Waals surface area contributed by atoms with Crippen molar-refractivity contribution in [3.63, 3.8) is 0 Å². The summed E-state index contributed by atoms with van der Waals surface area (Å²) < 4.78 is 1.67. The van der Waals surface area contributed by atoms with Crippen LogP contribution in [0.3, 0.4) is 0 Å². The van der Waals surface area contributed by atoms with Gasteiger partial charge >= 0.3 is 0 Å². The normalized spacial score (nSPS) is 10.7. The van der Waals surface area contributed by atoms with Crippen LogP contribution in [0.25, 0.3) is 16.4 Å². The Bertz CT molecular complexity index is 1200. The third-order valence-corrected chi connectivity index (χ3v) is 5.86. The van der Waals surface area contributed by atoms with Crippen LogP contribution in [0.15, 0.2) is 72.1 Å². The molecule has 2 heterocycles. The molecular formula is C24H23N5O2S. The number of hydrogen-bond donors (Lipinski definition) is 1. The van der Waals surface area contributed by atoms with Crippen LogP contribution < -0.4 is 5.32 Å². The Balaban J connectivity index is 1.57. The van der Waals surface area contributed by atoms with Gasteiger partial charge in [0.15, 0.2) is 5.82 Å². The molecule has 0 aliphatic rings. The standard InChI is InChI=1S/C24H23N5O2S/c1-3-28(4-2)24(31)17-12-14-18(15-13-17)25-23(30)21-26-22(20-11-8-16-32-20)29(27-21)19-9-6-5-7-10-19/h5-16H,3-4H2,1-2H3,(H,25,30). The minimum absolute atomic E-state index is 0.0308. The van der Waals surface area contributed by atoms with Gasteiger partial charge in [-0.15, -0.1) is 16.4 Å². The molecule has 0 radical (unpaired) electrons. The van der Waals surface area contributed by atoms with Gasteiger partial charge in [0.25, 0.3) is 11.8 Å².